The lowest BCUT2D eigenvalue weighted by molar-refractivity contribution is -0.123. The molecule has 166 valence electrons. The zero-order chi connectivity index (χ0) is 22.5. The van der Waals surface area contributed by atoms with Crippen molar-refractivity contribution < 1.29 is 14.3 Å². The molecule has 2 aliphatic heterocycles. The smallest absolute Gasteiger partial charge is 0.270 e. The van der Waals surface area contributed by atoms with Crippen LogP contribution in [-0.4, -0.2) is 51.9 Å². The Morgan fingerprint density at radius 3 is 2.75 bits per heavy atom. The van der Waals surface area contributed by atoms with E-state index in [1.807, 2.05) is 6.92 Å². The molecule has 0 bridgehead atoms. The minimum Gasteiger partial charge on any atom is -0.376 e. The average molecular weight is 435 g/mol. The third-order valence-electron chi connectivity index (χ3n) is 6.51. The first-order chi connectivity index (χ1) is 15.3. The average Bonchev–Trinajstić information content (AvgIpc) is 3.46. The largest absolute Gasteiger partial charge is 0.376 e. The highest BCUT2D eigenvalue weighted by molar-refractivity contribution is 6.02. The van der Waals surface area contributed by atoms with Crippen LogP contribution in [0.5, 0.6) is 0 Å². The summed E-state index contributed by atoms with van der Waals surface area (Å²) in [5.74, 6) is 0.798. The van der Waals surface area contributed by atoms with Crippen molar-refractivity contribution in [1.82, 2.24) is 20.1 Å². The second kappa shape index (κ2) is 7.31. The number of hydrogen-bond acceptors (Lipinski definition) is 7. The van der Waals surface area contributed by atoms with Gasteiger partial charge in [0.05, 0.1) is 24.8 Å². The van der Waals surface area contributed by atoms with E-state index in [1.165, 1.54) is 4.68 Å². The van der Waals surface area contributed by atoms with Crippen molar-refractivity contribution in [2.75, 3.05) is 30.0 Å². The van der Waals surface area contributed by atoms with Crippen LogP contribution in [0.1, 0.15) is 36.7 Å². The number of hydrogen-bond donors (Lipinski definition) is 2. The minimum atomic E-state index is -0.887. The van der Waals surface area contributed by atoms with Crippen LogP contribution < -0.4 is 15.5 Å². The number of carbonyl (C=O) groups is 2. The number of nitrogens with one attached hydrogen (secondary N) is 2. The maximum Gasteiger partial charge on any atom is 0.270 e. The second-order valence-electron chi connectivity index (χ2n) is 9.13. The maximum absolute atomic E-state index is 13.1. The molecule has 2 aromatic rings. The quantitative estimate of drug-likeness (QED) is 0.708. The Hall–Kier alpha value is -3.45. The van der Waals surface area contributed by atoms with E-state index in [9.17, 15) is 14.9 Å². The summed E-state index contributed by atoms with van der Waals surface area (Å²) >= 11 is 0. The zero-order valence-electron chi connectivity index (χ0n) is 18.1. The Bertz CT molecular complexity index is 1130. The van der Waals surface area contributed by atoms with Crippen LogP contribution in [-0.2, 0) is 16.6 Å². The van der Waals surface area contributed by atoms with E-state index in [4.69, 9.17) is 4.74 Å². The molecule has 1 saturated carbocycles. The number of anilines is 3. The summed E-state index contributed by atoms with van der Waals surface area (Å²) < 4.78 is 6.69. The number of rotatable bonds is 6. The number of aryl methyl sites for hydroxylation is 1. The van der Waals surface area contributed by atoms with E-state index in [1.54, 1.807) is 36.3 Å². The molecular weight excluding hydrogens is 410 g/mol. The van der Waals surface area contributed by atoms with Gasteiger partial charge in [-0.25, -0.2) is 4.98 Å². The van der Waals surface area contributed by atoms with E-state index in [0.29, 0.717) is 49.2 Å². The fourth-order valence-electron chi connectivity index (χ4n) is 4.48. The number of aromatic nitrogens is 3. The lowest BCUT2D eigenvalue weighted by atomic mass is 9.83. The Morgan fingerprint density at radius 1 is 1.31 bits per heavy atom. The first-order valence-electron chi connectivity index (χ1n) is 10.7. The highest BCUT2D eigenvalue weighted by Gasteiger charge is 2.56. The van der Waals surface area contributed by atoms with Gasteiger partial charge in [0.2, 0.25) is 5.91 Å². The van der Waals surface area contributed by atoms with Gasteiger partial charge in [-0.05, 0) is 38.2 Å². The Kier molecular flexibility index (Phi) is 4.67. The molecule has 2 amide bonds. The molecule has 0 radical (unpaired) electrons. The van der Waals surface area contributed by atoms with Crippen LogP contribution in [0.15, 0.2) is 24.4 Å². The molecule has 1 atom stereocenters. The molecule has 0 unspecified atom stereocenters. The summed E-state index contributed by atoms with van der Waals surface area (Å²) in [6.45, 7) is 3.43. The fourth-order valence-corrected chi connectivity index (χ4v) is 4.48. The van der Waals surface area contributed by atoms with Crippen molar-refractivity contribution in [2.24, 2.45) is 18.4 Å². The van der Waals surface area contributed by atoms with E-state index in [0.717, 1.165) is 12.8 Å². The van der Waals surface area contributed by atoms with Gasteiger partial charge < -0.3 is 20.3 Å². The van der Waals surface area contributed by atoms with E-state index < -0.39 is 5.41 Å². The molecule has 0 aromatic carbocycles. The SMILES string of the molecule is Cn1nc(Nc2cc(N3CC[C@@](C#N)(C4CC4)C3=O)ccn2)cc1C(=O)NC1(C)COC1. The molecule has 10 heteroatoms. The number of nitriles is 1. The second-order valence-corrected chi connectivity index (χ2v) is 9.13. The Labute approximate surface area is 185 Å². The molecule has 3 fully saturated rings. The Morgan fingerprint density at radius 2 is 2.09 bits per heavy atom. The Balaban J connectivity index is 1.31. The number of ether oxygens (including phenoxy) is 1. The molecule has 1 aliphatic carbocycles. The molecular formula is C22H25N7O3. The van der Waals surface area contributed by atoms with Crippen molar-refractivity contribution >= 4 is 29.1 Å². The zero-order valence-corrected chi connectivity index (χ0v) is 18.1. The fraction of sp³-hybridized carbons (Fsp3) is 0.500. The lowest BCUT2D eigenvalue weighted by Gasteiger charge is -2.38. The molecule has 4 heterocycles. The molecule has 32 heavy (non-hydrogen) atoms. The summed E-state index contributed by atoms with van der Waals surface area (Å²) in [7, 11) is 1.70. The van der Waals surface area contributed by atoms with Crippen molar-refractivity contribution in [3.05, 3.63) is 30.1 Å². The van der Waals surface area contributed by atoms with Gasteiger partial charge in [-0.2, -0.15) is 10.4 Å². The topological polar surface area (TPSA) is 125 Å². The van der Waals surface area contributed by atoms with Gasteiger partial charge in [0.25, 0.3) is 5.91 Å². The van der Waals surface area contributed by atoms with Crippen LogP contribution in [0.4, 0.5) is 17.3 Å². The molecule has 2 saturated heterocycles. The summed E-state index contributed by atoms with van der Waals surface area (Å²) in [4.78, 5) is 31.7. The van der Waals surface area contributed by atoms with Gasteiger partial charge in [0, 0.05) is 37.6 Å². The number of pyridine rings is 1. The van der Waals surface area contributed by atoms with Gasteiger partial charge in [0.15, 0.2) is 5.82 Å². The van der Waals surface area contributed by atoms with E-state index >= 15 is 0 Å². The van der Waals surface area contributed by atoms with Crippen LogP contribution >= 0.6 is 0 Å². The van der Waals surface area contributed by atoms with E-state index in [2.05, 4.69) is 26.8 Å². The lowest BCUT2D eigenvalue weighted by Crippen LogP contribution is -2.60. The molecule has 10 nitrogen and oxygen atoms in total. The maximum atomic E-state index is 13.1. The van der Waals surface area contributed by atoms with Crippen molar-refractivity contribution in [1.29, 1.82) is 5.26 Å². The third-order valence-corrected chi connectivity index (χ3v) is 6.51. The van der Waals surface area contributed by atoms with Crippen molar-refractivity contribution in [2.45, 2.75) is 31.7 Å². The van der Waals surface area contributed by atoms with Gasteiger partial charge >= 0.3 is 0 Å². The third kappa shape index (κ3) is 3.39. The van der Waals surface area contributed by atoms with E-state index in [-0.39, 0.29) is 23.3 Å². The summed E-state index contributed by atoms with van der Waals surface area (Å²) in [6, 6.07) is 7.49. The van der Waals surface area contributed by atoms with Gasteiger partial charge in [-0.3, -0.25) is 14.3 Å². The summed E-state index contributed by atoms with van der Waals surface area (Å²) in [5.41, 5.74) is -0.138. The molecule has 2 aromatic heterocycles. The highest BCUT2D eigenvalue weighted by atomic mass is 16.5. The molecule has 2 N–H and O–H groups in total. The van der Waals surface area contributed by atoms with Crippen molar-refractivity contribution in [3.63, 3.8) is 0 Å². The molecule has 5 rings (SSSR count). The summed E-state index contributed by atoms with van der Waals surface area (Å²) in [6.07, 6.45) is 4.05. The van der Waals surface area contributed by atoms with Gasteiger partial charge in [-0.1, -0.05) is 0 Å². The predicted molar refractivity (Wildman–Crippen MR) is 115 cm³/mol. The van der Waals surface area contributed by atoms with Gasteiger partial charge in [-0.15, -0.1) is 0 Å². The van der Waals surface area contributed by atoms with Crippen molar-refractivity contribution in [3.8, 4) is 6.07 Å². The standard InChI is InChI=1S/C22H25N7O3/c1-21(12-32-13-21)26-19(30)16-10-18(27-28(16)2)25-17-9-15(5-7-24-17)29-8-6-22(11-23,20(29)31)14-3-4-14/h5,7,9-10,14H,3-4,6,8,12-13H2,1-2H3,(H,26,30)(H,24,25,27)/t22-/m1/s1. The number of amides is 2. The number of carbonyl (C=O) groups excluding carboxylic acids is 2. The normalized spacial score (nSPS) is 24.0. The highest BCUT2D eigenvalue weighted by Crippen LogP contribution is 2.51. The molecule has 0 spiro atoms. The van der Waals surface area contributed by atoms with Crippen LogP contribution in [0.3, 0.4) is 0 Å². The monoisotopic (exact) mass is 435 g/mol. The predicted octanol–water partition coefficient (Wildman–Crippen LogP) is 1.73. The summed E-state index contributed by atoms with van der Waals surface area (Å²) in [5, 5.41) is 20.1. The first kappa shape index (κ1) is 20.5. The van der Waals surface area contributed by atoms with Crippen LogP contribution in [0, 0.1) is 22.7 Å². The number of nitrogens with zero attached hydrogens (tertiary/aromatic N) is 5. The molecule has 3 aliphatic rings. The van der Waals surface area contributed by atoms with Crippen LogP contribution in [0.25, 0.3) is 0 Å². The first-order valence-corrected chi connectivity index (χ1v) is 10.7. The minimum absolute atomic E-state index is 0.120. The van der Waals surface area contributed by atoms with Crippen LogP contribution in [0.2, 0.25) is 0 Å². The van der Waals surface area contributed by atoms with Gasteiger partial charge in [0.1, 0.15) is 16.9 Å².